The molecule has 5 nitrogen and oxygen atoms in total. The Labute approximate surface area is 131 Å². The second-order valence-electron chi connectivity index (χ2n) is 6.06. The van der Waals surface area contributed by atoms with E-state index in [0.717, 1.165) is 24.0 Å². The fourth-order valence-electron chi connectivity index (χ4n) is 3.20. The molecule has 1 aliphatic carbocycles. The van der Waals surface area contributed by atoms with Crippen molar-refractivity contribution in [2.45, 2.75) is 51.1 Å². The molecule has 120 valence electrons. The minimum absolute atomic E-state index is 0.0499. The highest BCUT2D eigenvalue weighted by Gasteiger charge is 2.26. The number of urea groups is 1. The number of benzene rings is 1. The third-order valence-electron chi connectivity index (χ3n) is 4.52. The average Bonchev–Trinajstić information content (AvgIpc) is 3.00. The van der Waals surface area contributed by atoms with Crippen LogP contribution in [0.4, 0.5) is 4.79 Å². The van der Waals surface area contributed by atoms with Crippen LogP contribution in [0.15, 0.2) is 24.3 Å². The highest BCUT2D eigenvalue weighted by Crippen LogP contribution is 2.26. The third-order valence-corrected chi connectivity index (χ3v) is 4.52. The summed E-state index contributed by atoms with van der Waals surface area (Å²) >= 11 is 0. The highest BCUT2D eigenvalue weighted by atomic mass is 16.2. The summed E-state index contributed by atoms with van der Waals surface area (Å²) in [5.74, 6) is 0.0499. The Balaban J connectivity index is 2.11. The van der Waals surface area contributed by atoms with Crippen LogP contribution in [0, 0.1) is 6.92 Å². The first-order valence-electron chi connectivity index (χ1n) is 7.86. The molecule has 22 heavy (non-hydrogen) atoms. The van der Waals surface area contributed by atoms with Gasteiger partial charge in [-0.15, -0.1) is 0 Å². The maximum atomic E-state index is 12.5. The molecule has 3 amide bonds. The van der Waals surface area contributed by atoms with Gasteiger partial charge in [0.1, 0.15) is 0 Å². The molecule has 0 radical (unpaired) electrons. The van der Waals surface area contributed by atoms with E-state index in [2.05, 4.69) is 5.32 Å². The van der Waals surface area contributed by atoms with Gasteiger partial charge in [-0.2, -0.15) is 0 Å². The standard InChI is InChI=1S/C17H25N3O2/c1-12-7-3-6-10-14(12)15(19-17(18)22)11-16(21)20(2)13-8-4-5-9-13/h3,6-7,10,13,15H,4-5,8-9,11H2,1-2H3,(H3,18,19,22)/t15-/m0/s1. The van der Waals surface area contributed by atoms with Crippen molar-refractivity contribution in [1.82, 2.24) is 10.2 Å². The zero-order valence-corrected chi connectivity index (χ0v) is 13.3. The number of amides is 3. The molecule has 0 aromatic heterocycles. The molecule has 1 saturated carbocycles. The van der Waals surface area contributed by atoms with E-state index in [4.69, 9.17) is 5.73 Å². The smallest absolute Gasteiger partial charge is 0.312 e. The number of nitrogens with zero attached hydrogens (tertiary/aromatic N) is 1. The summed E-state index contributed by atoms with van der Waals surface area (Å²) in [4.78, 5) is 25.7. The summed E-state index contributed by atoms with van der Waals surface area (Å²) in [6.45, 7) is 1.97. The van der Waals surface area contributed by atoms with E-state index in [1.54, 1.807) is 0 Å². The van der Waals surface area contributed by atoms with Gasteiger partial charge in [-0.1, -0.05) is 37.1 Å². The number of primary amides is 1. The summed E-state index contributed by atoms with van der Waals surface area (Å²) in [5.41, 5.74) is 7.26. The molecular weight excluding hydrogens is 278 g/mol. The monoisotopic (exact) mass is 303 g/mol. The predicted molar refractivity (Wildman–Crippen MR) is 86.3 cm³/mol. The maximum absolute atomic E-state index is 12.5. The summed E-state index contributed by atoms with van der Waals surface area (Å²) in [6.07, 6.45) is 4.74. The van der Waals surface area contributed by atoms with E-state index < -0.39 is 6.03 Å². The average molecular weight is 303 g/mol. The van der Waals surface area contributed by atoms with Gasteiger partial charge in [0.25, 0.3) is 0 Å². The molecule has 2 rings (SSSR count). The number of carbonyl (C=O) groups is 2. The van der Waals surface area contributed by atoms with Gasteiger partial charge in [-0.3, -0.25) is 4.79 Å². The van der Waals surface area contributed by atoms with Crippen molar-refractivity contribution in [1.29, 1.82) is 0 Å². The lowest BCUT2D eigenvalue weighted by molar-refractivity contribution is -0.132. The molecule has 0 aliphatic heterocycles. The molecule has 1 aromatic carbocycles. The van der Waals surface area contributed by atoms with Crippen LogP contribution < -0.4 is 11.1 Å². The number of aryl methyl sites for hydroxylation is 1. The van der Waals surface area contributed by atoms with Crippen molar-refractivity contribution in [3.8, 4) is 0 Å². The van der Waals surface area contributed by atoms with Crippen LogP contribution in [-0.4, -0.2) is 29.9 Å². The number of carbonyl (C=O) groups excluding carboxylic acids is 2. The number of hydrogen-bond donors (Lipinski definition) is 2. The Morgan fingerprint density at radius 2 is 1.95 bits per heavy atom. The lowest BCUT2D eigenvalue weighted by Gasteiger charge is -2.27. The van der Waals surface area contributed by atoms with E-state index in [1.807, 2.05) is 43.1 Å². The van der Waals surface area contributed by atoms with Crippen LogP contribution >= 0.6 is 0 Å². The van der Waals surface area contributed by atoms with Crippen LogP contribution in [0.1, 0.15) is 49.3 Å². The molecule has 0 unspecified atom stereocenters. The number of hydrogen-bond acceptors (Lipinski definition) is 2. The predicted octanol–water partition coefficient (Wildman–Crippen LogP) is 2.50. The minimum atomic E-state index is -0.607. The Hall–Kier alpha value is -2.04. The van der Waals surface area contributed by atoms with Crippen LogP contribution in [0.25, 0.3) is 0 Å². The van der Waals surface area contributed by atoms with Gasteiger partial charge in [0.15, 0.2) is 0 Å². The third kappa shape index (κ3) is 4.00. The topological polar surface area (TPSA) is 75.4 Å². The Morgan fingerprint density at radius 1 is 1.32 bits per heavy atom. The first kappa shape index (κ1) is 16.3. The summed E-state index contributed by atoms with van der Waals surface area (Å²) in [5, 5.41) is 2.70. The van der Waals surface area contributed by atoms with Crippen molar-refractivity contribution in [2.24, 2.45) is 5.73 Å². The molecule has 1 atom stereocenters. The van der Waals surface area contributed by atoms with Crippen LogP contribution in [0.5, 0.6) is 0 Å². The van der Waals surface area contributed by atoms with Crippen LogP contribution in [0.2, 0.25) is 0 Å². The molecular formula is C17H25N3O2. The minimum Gasteiger partial charge on any atom is -0.352 e. The van der Waals surface area contributed by atoms with Gasteiger partial charge in [0, 0.05) is 13.1 Å². The molecule has 1 aromatic rings. The van der Waals surface area contributed by atoms with Gasteiger partial charge >= 0.3 is 6.03 Å². The van der Waals surface area contributed by atoms with E-state index in [9.17, 15) is 9.59 Å². The molecule has 0 heterocycles. The van der Waals surface area contributed by atoms with Crippen LogP contribution in [0.3, 0.4) is 0 Å². The number of nitrogens with one attached hydrogen (secondary N) is 1. The van der Waals surface area contributed by atoms with Gasteiger partial charge in [-0.05, 0) is 30.9 Å². The van der Waals surface area contributed by atoms with E-state index in [0.29, 0.717) is 6.04 Å². The largest absolute Gasteiger partial charge is 0.352 e. The molecule has 3 N–H and O–H groups in total. The van der Waals surface area contributed by atoms with Crippen molar-refractivity contribution < 1.29 is 9.59 Å². The molecule has 0 spiro atoms. The molecule has 0 saturated heterocycles. The van der Waals surface area contributed by atoms with E-state index in [-0.39, 0.29) is 18.4 Å². The van der Waals surface area contributed by atoms with Gasteiger partial charge < -0.3 is 16.0 Å². The normalized spacial score (nSPS) is 16.3. The fraction of sp³-hybridized carbons (Fsp3) is 0.529. The second kappa shape index (κ2) is 7.29. The Morgan fingerprint density at radius 3 is 2.55 bits per heavy atom. The van der Waals surface area contributed by atoms with Gasteiger partial charge in [0.2, 0.25) is 5.91 Å². The molecule has 1 fully saturated rings. The van der Waals surface area contributed by atoms with Crippen molar-refractivity contribution in [3.05, 3.63) is 35.4 Å². The summed E-state index contributed by atoms with van der Waals surface area (Å²) in [7, 11) is 1.86. The van der Waals surface area contributed by atoms with Crippen molar-refractivity contribution in [3.63, 3.8) is 0 Å². The number of nitrogens with two attached hydrogens (primary N) is 1. The van der Waals surface area contributed by atoms with E-state index >= 15 is 0 Å². The fourth-order valence-corrected chi connectivity index (χ4v) is 3.20. The Kier molecular flexibility index (Phi) is 5.41. The van der Waals surface area contributed by atoms with E-state index in [1.165, 1.54) is 12.8 Å². The zero-order chi connectivity index (χ0) is 16.1. The quantitative estimate of drug-likeness (QED) is 0.877. The SMILES string of the molecule is Cc1ccccc1[C@H](CC(=O)N(C)C1CCCC1)NC(N)=O. The first-order valence-corrected chi connectivity index (χ1v) is 7.86. The lowest BCUT2D eigenvalue weighted by atomic mass is 9.98. The zero-order valence-electron chi connectivity index (χ0n) is 13.3. The maximum Gasteiger partial charge on any atom is 0.312 e. The van der Waals surface area contributed by atoms with Crippen molar-refractivity contribution >= 4 is 11.9 Å². The molecule has 5 heteroatoms. The number of rotatable bonds is 5. The molecule has 1 aliphatic rings. The lowest BCUT2D eigenvalue weighted by Crippen LogP contribution is -2.40. The summed E-state index contributed by atoms with van der Waals surface area (Å²) in [6, 6.07) is 7.09. The van der Waals surface area contributed by atoms with Gasteiger partial charge in [0.05, 0.1) is 12.5 Å². The summed E-state index contributed by atoms with van der Waals surface area (Å²) < 4.78 is 0. The first-order chi connectivity index (χ1) is 10.5. The molecule has 0 bridgehead atoms. The van der Waals surface area contributed by atoms with Crippen molar-refractivity contribution in [2.75, 3.05) is 7.05 Å². The Bertz CT molecular complexity index is 538. The highest BCUT2D eigenvalue weighted by molar-refractivity contribution is 5.79. The van der Waals surface area contributed by atoms with Gasteiger partial charge in [-0.25, -0.2) is 4.79 Å². The van der Waals surface area contributed by atoms with Crippen LogP contribution in [-0.2, 0) is 4.79 Å². The second-order valence-corrected chi connectivity index (χ2v) is 6.06.